The van der Waals surface area contributed by atoms with Gasteiger partial charge in [0.15, 0.2) is 0 Å². The standard InChI is InChI=1S/C12H26N2O3S/c1-11-6-4-8-14(9-11)18(16,17)13-7-3-5-12(2)10-15/h11-13,15H,3-10H2,1-2H3. The van der Waals surface area contributed by atoms with Crippen LogP contribution in [0.25, 0.3) is 0 Å². The quantitative estimate of drug-likeness (QED) is 0.682. The maximum atomic E-state index is 12.0. The van der Waals surface area contributed by atoms with E-state index in [1.165, 1.54) is 0 Å². The molecule has 5 nitrogen and oxygen atoms in total. The normalized spacial score (nSPS) is 24.1. The van der Waals surface area contributed by atoms with Crippen LogP contribution in [0, 0.1) is 11.8 Å². The van der Waals surface area contributed by atoms with Crippen molar-refractivity contribution in [3.63, 3.8) is 0 Å². The molecule has 2 unspecified atom stereocenters. The molecule has 0 spiro atoms. The van der Waals surface area contributed by atoms with Crippen LogP contribution in [0.5, 0.6) is 0 Å². The summed E-state index contributed by atoms with van der Waals surface area (Å²) in [5.41, 5.74) is 0. The first-order valence-electron chi connectivity index (χ1n) is 6.81. The van der Waals surface area contributed by atoms with E-state index in [4.69, 9.17) is 5.11 Å². The summed E-state index contributed by atoms with van der Waals surface area (Å²) < 4.78 is 28.2. The number of nitrogens with one attached hydrogen (secondary N) is 1. The smallest absolute Gasteiger partial charge is 0.279 e. The van der Waals surface area contributed by atoms with Crippen LogP contribution < -0.4 is 4.72 Å². The van der Waals surface area contributed by atoms with Gasteiger partial charge >= 0.3 is 0 Å². The summed E-state index contributed by atoms with van der Waals surface area (Å²) in [4.78, 5) is 0. The molecule has 0 amide bonds. The van der Waals surface area contributed by atoms with E-state index in [9.17, 15) is 8.42 Å². The molecule has 0 aromatic rings. The number of nitrogens with zero attached hydrogens (tertiary/aromatic N) is 1. The van der Waals surface area contributed by atoms with E-state index in [0.717, 1.165) is 25.7 Å². The molecule has 2 atom stereocenters. The largest absolute Gasteiger partial charge is 0.396 e. The summed E-state index contributed by atoms with van der Waals surface area (Å²) in [5, 5.41) is 8.88. The molecule has 6 heteroatoms. The Morgan fingerprint density at radius 1 is 1.50 bits per heavy atom. The van der Waals surface area contributed by atoms with Gasteiger partial charge in [-0.3, -0.25) is 0 Å². The van der Waals surface area contributed by atoms with Crippen LogP contribution >= 0.6 is 0 Å². The van der Waals surface area contributed by atoms with Gasteiger partial charge in [0, 0.05) is 26.2 Å². The second-order valence-corrected chi connectivity index (χ2v) is 7.19. The number of hydrogen-bond acceptors (Lipinski definition) is 3. The van der Waals surface area contributed by atoms with Crippen LogP contribution in [0.2, 0.25) is 0 Å². The van der Waals surface area contributed by atoms with Gasteiger partial charge in [-0.25, -0.2) is 4.72 Å². The summed E-state index contributed by atoms with van der Waals surface area (Å²) in [5.74, 6) is 0.689. The second kappa shape index (κ2) is 7.43. The molecule has 0 radical (unpaired) electrons. The van der Waals surface area contributed by atoms with Crippen molar-refractivity contribution in [1.82, 2.24) is 9.03 Å². The molecule has 108 valence electrons. The molecule has 1 heterocycles. The van der Waals surface area contributed by atoms with Crippen molar-refractivity contribution in [3.8, 4) is 0 Å². The van der Waals surface area contributed by atoms with Crippen molar-refractivity contribution >= 4 is 10.2 Å². The minimum absolute atomic E-state index is 0.163. The van der Waals surface area contributed by atoms with Gasteiger partial charge in [-0.2, -0.15) is 12.7 Å². The zero-order chi connectivity index (χ0) is 13.6. The number of aliphatic hydroxyl groups excluding tert-OH is 1. The highest BCUT2D eigenvalue weighted by Gasteiger charge is 2.26. The maximum Gasteiger partial charge on any atom is 0.279 e. The van der Waals surface area contributed by atoms with Gasteiger partial charge < -0.3 is 5.11 Å². The minimum Gasteiger partial charge on any atom is -0.396 e. The zero-order valence-electron chi connectivity index (χ0n) is 11.4. The van der Waals surface area contributed by atoms with Gasteiger partial charge in [0.25, 0.3) is 10.2 Å². The zero-order valence-corrected chi connectivity index (χ0v) is 12.2. The molecule has 1 saturated heterocycles. The van der Waals surface area contributed by atoms with Crippen LogP contribution in [-0.4, -0.2) is 44.1 Å². The van der Waals surface area contributed by atoms with E-state index in [-0.39, 0.29) is 12.5 Å². The van der Waals surface area contributed by atoms with Crippen LogP contribution in [0.1, 0.15) is 39.5 Å². The van der Waals surface area contributed by atoms with Crippen LogP contribution in [0.15, 0.2) is 0 Å². The molecule has 0 aromatic heterocycles. The Kier molecular flexibility index (Phi) is 6.55. The van der Waals surface area contributed by atoms with Gasteiger partial charge in [-0.1, -0.05) is 13.8 Å². The summed E-state index contributed by atoms with van der Waals surface area (Å²) >= 11 is 0. The van der Waals surface area contributed by atoms with Gasteiger partial charge in [-0.15, -0.1) is 0 Å². The molecule has 18 heavy (non-hydrogen) atoms. The minimum atomic E-state index is -3.30. The average molecular weight is 278 g/mol. The number of hydrogen-bond donors (Lipinski definition) is 2. The van der Waals surface area contributed by atoms with E-state index in [0.29, 0.717) is 25.6 Å². The van der Waals surface area contributed by atoms with Crippen LogP contribution in [0.3, 0.4) is 0 Å². The molecule has 1 aliphatic heterocycles. The van der Waals surface area contributed by atoms with Crippen molar-refractivity contribution in [2.45, 2.75) is 39.5 Å². The highest BCUT2D eigenvalue weighted by atomic mass is 32.2. The monoisotopic (exact) mass is 278 g/mol. The third-order valence-corrected chi connectivity index (χ3v) is 5.01. The first-order valence-corrected chi connectivity index (χ1v) is 8.25. The van der Waals surface area contributed by atoms with Crippen LogP contribution in [0.4, 0.5) is 0 Å². The van der Waals surface area contributed by atoms with Crippen molar-refractivity contribution in [2.24, 2.45) is 11.8 Å². The van der Waals surface area contributed by atoms with Crippen molar-refractivity contribution in [1.29, 1.82) is 0 Å². The van der Waals surface area contributed by atoms with Crippen molar-refractivity contribution in [2.75, 3.05) is 26.2 Å². The van der Waals surface area contributed by atoms with Crippen molar-refractivity contribution in [3.05, 3.63) is 0 Å². The van der Waals surface area contributed by atoms with Gasteiger partial charge in [-0.05, 0) is 37.5 Å². The lowest BCUT2D eigenvalue weighted by Gasteiger charge is -2.30. The third-order valence-electron chi connectivity index (χ3n) is 3.43. The lowest BCUT2D eigenvalue weighted by Crippen LogP contribution is -2.45. The summed E-state index contributed by atoms with van der Waals surface area (Å²) in [6, 6.07) is 0. The highest BCUT2D eigenvalue weighted by molar-refractivity contribution is 7.87. The summed E-state index contributed by atoms with van der Waals surface area (Å²) in [7, 11) is -3.30. The number of rotatable bonds is 7. The molecule has 0 bridgehead atoms. The molecule has 2 N–H and O–H groups in total. The Balaban J connectivity index is 2.31. The summed E-state index contributed by atoms with van der Waals surface area (Å²) in [6.45, 7) is 5.93. The fraction of sp³-hybridized carbons (Fsp3) is 1.00. The van der Waals surface area contributed by atoms with Gasteiger partial charge in [0.2, 0.25) is 0 Å². The molecule has 0 saturated carbocycles. The topological polar surface area (TPSA) is 69.6 Å². The van der Waals surface area contributed by atoms with E-state index in [1.54, 1.807) is 4.31 Å². The molecule has 1 fully saturated rings. The van der Waals surface area contributed by atoms with E-state index in [1.807, 2.05) is 6.92 Å². The first kappa shape index (κ1) is 15.9. The Hall–Kier alpha value is -0.170. The molecule has 1 rings (SSSR count). The lowest BCUT2D eigenvalue weighted by atomic mass is 10.0. The number of piperidine rings is 1. The molecule has 0 aliphatic carbocycles. The fourth-order valence-corrected chi connectivity index (χ4v) is 3.60. The third kappa shape index (κ3) is 5.22. The SMILES string of the molecule is CC(CO)CCCNS(=O)(=O)N1CCCC(C)C1. The Morgan fingerprint density at radius 2 is 2.22 bits per heavy atom. The molecular formula is C12H26N2O3S. The predicted octanol–water partition coefficient (Wildman–Crippen LogP) is 0.961. The van der Waals surface area contributed by atoms with E-state index in [2.05, 4.69) is 11.6 Å². The fourth-order valence-electron chi connectivity index (χ4n) is 2.20. The lowest BCUT2D eigenvalue weighted by molar-refractivity contribution is 0.228. The van der Waals surface area contributed by atoms with Crippen molar-refractivity contribution < 1.29 is 13.5 Å². The Morgan fingerprint density at radius 3 is 2.83 bits per heavy atom. The Labute approximate surface area is 111 Å². The molecule has 1 aliphatic rings. The van der Waals surface area contributed by atoms with Crippen LogP contribution in [-0.2, 0) is 10.2 Å². The predicted molar refractivity (Wildman–Crippen MR) is 72.4 cm³/mol. The average Bonchev–Trinajstić information content (AvgIpc) is 2.34. The van der Waals surface area contributed by atoms with E-state index < -0.39 is 10.2 Å². The van der Waals surface area contributed by atoms with Gasteiger partial charge in [0.05, 0.1) is 0 Å². The maximum absolute atomic E-state index is 12.0. The Bertz CT molecular complexity index is 332. The van der Waals surface area contributed by atoms with Gasteiger partial charge in [0.1, 0.15) is 0 Å². The van der Waals surface area contributed by atoms with E-state index >= 15 is 0 Å². The highest BCUT2D eigenvalue weighted by Crippen LogP contribution is 2.17. The first-order chi connectivity index (χ1) is 8.45. The summed E-state index contributed by atoms with van der Waals surface area (Å²) in [6.07, 6.45) is 3.67. The molecule has 0 aromatic carbocycles. The molecular weight excluding hydrogens is 252 g/mol. The number of aliphatic hydroxyl groups is 1. The second-order valence-electron chi connectivity index (χ2n) is 5.43.